The highest BCUT2D eigenvalue weighted by atomic mass is 35.5. The van der Waals surface area contributed by atoms with Gasteiger partial charge in [0.1, 0.15) is 4.88 Å². The van der Waals surface area contributed by atoms with Gasteiger partial charge in [-0.15, -0.1) is 11.3 Å². The summed E-state index contributed by atoms with van der Waals surface area (Å²) in [5, 5.41) is 11.1. The van der Waals surface area contributed by atoms with Crippen LogP contribution in [0.1, 0.15) is 44.7 Å². The van der Waals surface area contributed by atoms with E-state index in [1.165, 1.54) is 11.3 Å². The first kappa shape index (κ1) is 13.9. The molecule has 3 nitrogen and oxygen atoms in total. The zero-order valence-electron chi connectivity index (χ0n) is 10.4. The summed E-state index contributed by atoms with van der Waals surface area (Å²) in [6.45, 7) is 0. The molecule has 0 aliphatic heterocycles. The summed E-state index contributed by atoms with van der Waals surface area (Å²) < 4.78 is 0. The summed E-state index contributed by atoms with van der Waals surface area (Å²) in [5.74, 6) is -0.551. The predicted molar refractivity (Wildman–Crippen MR) is 80.3 cm³/mol. The third-order valence-corrected chi connectivity index (χ3v) is 4.99. The molecule has 0 atom stereocenters. The number of carbonyl (C=O) groups is 1. The van der Waals surface area contributed by atoms with E-state index >= 15 is 0 Å². The maximum atomic E-state index is 11.3. The molecule has 104 valence electrons. The van der Waals surface area contributed by atoms with Crippen molar-refractivity contribution in [1.82, 2.24) is 4.98 Å². The Morgan fingerprint density at radius 2 is 2.10 bits per heavy atom. The first-order chi connectivity index (χ1) is 9.54. The van der Waals surface area contributed by atoms with Crippen LogP contribution in [0.2, 0.25) is 10.0 Å². The number of rotatable bonds is 4. The Kier molecular flexibility index (Phi) is 3.71. The lowest BCUT2D eigenvalue weighted by Gasteiger charge is -2.00. The molecule has 3 rings (SSSR count). The first-order valence-corrected chi connectivity index (χ1v) is 7.78. The van der Waals surface area contributed by atoms with Crippen molar-refractivity contribution in [2.45, 2.75) is 25.2 Å². The molecular formula is C14H11Cl2NO2S. The molecule has 1 aromatic heterocycles. The number of benzene rings is 1. The quantitative estimate of drug-likeness (QED) is 0.891. The van der Waals surface area contributed by atoms with Gasteiger partial charge in [0, 0.05) is 12.3 Å². The van der Waals surface area contributed by atoms with Gasteiger partial charge in [-0.1, -0.05) is 29.3 Å². The Labute approximate surface area is 130 Å². The molecule has 6 heteroatoms. The summed E-state index contributed by atoms with van der Waals surface area (Å²) >= 11 is 13.1. The molecule has 0 bridgehead atoms. The number of hydrogen-bond donors (Lipinski definition) is 1. The van der Waals surface area contributed by atoms with Crippen molar-refractivity contribution in [3.8, 4) is 0 Å². The summed E-state index contributed by atoms with van der Waals surface area (Å²) in [5.41, 5.74) is 1.73. The van der Waals surface area contributed by atoms with Crippen LogP contribution < -0.4 is 0 Å². The summed E-state index contributed by atoms with van der Waals surface area (Å²) in [6.07, 6.45) is 2.65. The Balaban J connectivity index is 1.88. The lowest BCUT2D eigenvalue weighted by molar-refractivity contribution is 0.0700. The van der Waals surface area contributed by atoms with Crippen LogP contribution in [0.4, 0.5) is 0 Å². The SMILES string of the molecule is O=C(O)c1sc(Cc2ccc(Cl)c(Cl)c2)nc1C1CC1. The van der Waals surface area contributed by atoms with Crippen LogP contribution in [0.25, 0.3) is 0 Å². The Hall–Kier alpha value is -1.10. The van der Waals surface area contributed by atoms with Gasteiger partial charge >= 0.3 is 5.97 Å². The average molecular weight is 328 g/mol. The Morgan fingerprint density at radius 3 is 2.70 bits per heavy atom. The normalized spacial score (nSPS) is 14.5. The minimum Gasteiger partial charge on any atom is -0.477 e. The van der Waals surface area contributed by atoms with E-state index in [1.807, 2.05) is 6.07 Å². The fraction of sp³-hybridized carbons (Fsp3) is 0.286. The van der Waals surface area contributed by atoms with Crippen molar-refractivity contribution < 1.29 is 9.90 Å². The fourth-order valence-corrected chi connectivity index (χ4v) is 3.41. The highest BCUT2D eigenvalue weighted by Crippen LogP contribution is 2.43. The monoisotopic (exact) mass is 327 g/mol. The average Bonchev–Trinajstić information content (AvgIpc) is 3.15. The van der Waals surface area contributed by atoms with Gasteiger partial charge in [0.15, 0.2) is 0 Å². The maximum absolute atomic E-state index is 11.3. The van der Waals surface area contributed by atoms with Gasteiger partial charge < -0.3 is 5.11 Å². The number of carboxylic acids is 1. The number of hydrogen-bond acceptors (Lipinski definition) is 3. The molecular weight excluding hydrogens is 317 g/mol. The number of aromatic carboxylic acids is 1. The van der Waals surface area contributed by atoms with E-state index in [9.17, 15) is 9.90 Å². The fourth-order valence-electron chi connectivity index (χ4n) is 2.06. The molecule has 2 aromatic rings. The van der Waals surface area contributed by atoms with E-state index in [0.29, 0.717) is 27.3 Å². The van der Waals surface area contributed by atoms with E-state index in [1.54, 1.807) is 12.1 Å². The van der Waals surface area contributed by atoms with Gasteiger partial charge in [0.2, 0.25) is 0 Å². The van der Waals surface area contributed by atoms with E-state index in [0.717, 1.165) is 29.1 Å². The van der Waals surface area contributed by atoms with Gasteiger partial charge in [-0.25, -0.2) is 9.78 Å². The lowest BCUT2D eigenvalue weighted by atomic mass is 10.1. The molecule has 1 saturated carbocycles. The molecule has 1 aliphatic rings. The number of aromatic nitrogens is 1. The second-order valence-electron chi connectivity index (χ2n) is 4.83. The van der Waals surface area contributed by atoms with Crippen molar-refractivity contribution in [2.24, 2.45) is 0 Å². The summed E-state index contributed by atoms with van der Waals surface area (Å²) in [6, 6.07) is 5.42. The smallest absolute Gasteiger partial charge is 0.347 e. The molecule has 0 saturated heterocycles. The second-order valence-corrected chi connectivity index (χ2v) is 6.72. The van der Waals surface area contributed by atoms with Crippen LogP contribution in [0.5, 0.6) is 0 Å². The maximum Gasteiger partial charge on any atom is 0.347 e. The van der Waals surface area contributed by atoms with Crippen LogP contribution in [-0.2, 0) is 6.42 Å². The van der Waals surface area contributed by atoms with Crippen LogP contribution in [0.15, 0.2) is 18.2 Å². The minimum atomic E-state index is -0.884. The summed E-state index contributed by atoms with van der Waals surface area (Å²) in [7, 11) is 0. The Bertz CT molecular complexity index is 680. The largest absolute Gasteiger partial charge is 0.477 e. The highest BCUT2D eigenvalue weighted by molar-refractivity contribution is 7.13. The van der Waals surface area contributed by atoms with Gasteiger partial charge in [0.05, 0.1) is 20.7 Å². The number of carboxylic acid groups (broad SMARTS) is 1. The lowest BCUT2D eigenvalue weighted by Crippen LogP contribution is -1.97. The third-order valence-electron chi connectivity index (χ3n) is 3.20. The molecule has 0 unspecified atom stereocenters. The number of nitrogens with zero attached hydrogens (tertiary/aromatic N) is 1. The van der Waals surface area contributed by atoms with E-state index in [2.05, 4.69) is 4.98 Å². The summed E-state index contributed by atoms with van der Waals surface area (Å²) in [4.78, 5) is 16.1. The van der Waals surface area contributed by atoms with Crippen molar-refractivity contribution in [3.63, 3.8) is 0 Å². The molecule has 0 amide bonds. The van der Waals surface area contributed by atoms with Crippen LogP contribution in [0, 0.1) is 0 Å². The molecule has 0 spiro atoms. The van der Waals surface area contributed by atoms with Crippen molar-refractivity contribution >= 4 is 40.5 Å². The van der Waals surface area contributed by atoms with Crippen molar-refractivity contribution in [2.75, 3.05) is 0 Å². The van der Waals surface area contributed by atoms with E-state index in [4.69, 9.17) is 23.2 Å². The van der Waals surface area contributed by atoms with Gasteiger partial charge in [0.25, 0.3) is 0 Å². The van der Waals surface area contributed by atoms with Crippen molar-refractivity contribution in [1.29, 1.82) is 0 Å². The second kappa shape index (κ2) is 5.35. The predicted octanol–water partition coefficient (Wildman–Crippen LogP) is 4.62. The van der Waals surface area contributed by atoms with E-state index < -0.39 is 5.97 Å². The zero-order chi connectivity index (χ0) is 14.3. The molecule has 20 heavy (non-hydrogen) atoms. The molecule has 1 N–H and O–H groups in total. The highest BCUT2D eigenvalue weighted by Gasteiger charge is 2.31. The van der Waals surface area contributed by atoms with E-state index in [-0.39, 0.29) is 0 Å². The van der Waals surface area contributed by atoms with Crippen molar-refractivity contribution in [3.05, 3.63) is 49.4 Å². The third kappa shape index (κ3) is 2.82. The molecule has 1 aliphatic carbocycles. The van der Waals surface area contributed by atoms with Crippen LogP contribution in [0.3, 0.4) is 0 Å². The van der Waals surface area contributed by atoms with Gasteiger partial charge in [-0.2, -0.15) is 0 Å². The first-order valence-electron chi connectivity index (χ1n) is 6.21. The van der Waals surface area contributed by atoms with Gasteiger partial charge in [-0.05, 0) is 30.5 Å². The zero-order valence-corrected chi connectivity index (χ0v) is 12.7. The van der Waals surface area contributed by atoms with Crippen LogP contribution in [-0.4, -0.2) is 16.1 Å². The van der Waals surface area contributed by atoms with Gasteiger partial charge in [-0.3, -0.25) is 0 Å². The standard InChI is InChI=1S/C14H11Cl2NO2S/c15-9-4-1-7(5-10(9)16)6-11-17-12(8-2-3-8)13(20-11)14(18)19/h1,4-5,8H,2-3,6H2,(H,18,19). The Morgan fingerprint density at radius 1 is 1.35 bits per heavy atom. The number of thiazole rings is 1. The molecule has 1 heterocycles. The molecule has 0 radical (unpaired) electrons. The number of halogens is 2. The van der Waals surface area contributed by atoms with Crippen LogP contribution >= 0.6 is 34.5 Å². The molecule has 1 fully saturated rings. The molecule has 1 aromatic carbocycles. The topological polar surface area (TPSA) is 50.2 Å². The minimum absolute atomic E-state index is 0.333.